The van der Waals surface area contributed by atoms with Gasteiger partial charge in [0.15, 0.2) is 0 Å². The van der Waals surface area contributed by atoms with E-state index in [-0.39, 0.29) is 11.9 Å². The van der Waals surface area contributed by atoms with Crippen LogP contribution in [-0.4, -0.2) is 29.2 Å². The van der Waals surface area contributed by atoms with Gasteiger partial charge in [0.05, 0.1) is 6.04 Å². The van der Waals surface area contributed by atoms with Gasteiger partial charge in [0.2, 0.25) is 0 Å². The maximum Gasteiger partial charge on any atom is 0.254 e. The minimum absolute atomic E-state index is 0.00992. The summed E-state index contributed by atoms with van der Waals surface area (Å²) in [7, 11) is 0. The zero-order valence-electron chi connectivity index (χ0n) is 18.5. The number of benzene rings is 1. The number of amidine groups is 1. The molecule has 1 aromatic carbocycles. The number of nitrogens with two attached hydrogens (primary N) is 1. The molecule has 6 heteroatoms. The Hall–Kier alpha value is -1.75. The van der Waals surface area contributed by atoms with Gasteiger partial charge in [-0.15, -0.1) is 5.10 Å². The fourth-order valence-electron chi connectivity index (χ4n) is 4.24. The summed E-state index contributed by atoms with van der Waals surface area (Å²) in [5, 5.41) is 3.84. The Kier molecular flexibility index (Phi) is 11.7. The zero-order chi connectivity index (χ0) is 21.6. The third-order valence-electron chi connectivity index (χ3n) is 6.05. The standard InChI is InChI=1S/C24H39ClN4O/c1-2-3-4-5-6-7-8-9-10-11-13-20-15-17-21(18-16-20)24(30)29-19-12-14-22(29)23(26)27-28-25/h15-18,22,28H,2-14,19H2,1H3,(H2,26,27)/t22-/m1/s1. The molecule has 1 aromatic rings. The average Bonchev–Trinajstić information content (AvgIpc) is 3.25. The van der Waals surface area contributed by atoms with Crippen LogP contribution in [0.4, 0.5) is 0 Å². The lowest BCUT2D eigenvalue weighted by Crippen LogP contribution is -2.44. The molecular formula is C24H39ClN4O. The van der Waals surface area contributed by atoms with E-state index in [0.717, 1.165) is 19.3 Å². The highest BCUT2D eigenvalue weighted by Gasteiger charge is 2.32. The van der Waals surface area contributed by atoms with Crippen LogP contribution in [0.2, 0.25) is 0 Å². The van der Waals surface area contributed by atoms with Crippen LogP contribution in [0.1, 0.15) is 99.9 Å². The molecule has 1 amide bonds. The molecule has 168 valence electrons. The van der Waals surface area contributed by atoms with Gasteiger partial charge >= 0.3 is 0 Å². The van der Waals surface area contributed by atoms with Crippen LogP contribution in [-0.2, 0) is 6.42 Å². The molecule has 0 radical (unpaired) electrons. The lowest BCUT2D eigenvalue weighted by molar-refractivity contribution is 0.0769. The summed E-state index contributed by atoms with van der Waals surface area (Å²) in [5.41, 5.74) is 7.97. The van der Waals surface area contributed by atoms with Crippen LogP contribution in [0.25, 0.3) is 0 Å². The molecule has 0 aromatic heterocycles. The summed E-state index contributed by atoms with van der Waals surface area (Å²) in [4.78, 5) is 16.9. The van der Waals surface area contributed by atoms with Gasteiger partial charge in [-0.25, -0.2) is 4.94 Å². The summed E-state index contributed by atoms with van der Waals surface area (Å²) in [6.45, 7) is 2.96. The van der Waals surface area contributed by atoms with E-state index in [9.17, 15) is 4.79 Å². The molecule has 0 spiro atoms. The second-order valence-electron chi connectivity index (χ2n) is 8.41. The summed E-state index contributed by atoms with van der Waals surface area (Å²) in [5.74, 6) is 0.365. The van der Waals surface area contributed by atoms with E-state index in [4.69, 9.17) is 17.5 Å². The predicted octanol–water partition coefficient (Wildman–Crippen LogP) is 5.77. The van der Waals surface area contributed by atoms with Crippen LogP contribution in [0.3, 0.4) is 0 Å². The van der Waals surface area contributed by atoms with E-state index in [0.29, 0.717) is 17.9 Å². The molecule has 5 nitrogen and oxygen atoms in total. The van der Waals surface area contributed by atoms with Crippen molar-refractivity contribution in [3.63, 3.8) is 0 Å². The lowest BCUT2D eigenvalue weighted by Gasteiger charge is -2.24. The molecule has 1 aliphatic rings. The smallest absolute Gasteiger partial charge is 0.254 e. The van der Waals surface area contributed by atoms with Crippen molar-refractivity contribution in [3.05, 3.63) is 35.4 Å². The second-order valence-corrected chi connectivity index (χ2v) is 8.58. The van der Waals surface area contributed by atoms with E-state index < -0.39 is 0 Å². The number of rotatable bonds is 14. The van der Waals surface area contributed by atoms with Crippen molar-refractivity contribution in [1.29, 1.82) is 0 Å². The number of amides is 1. The Balaban J connectivity index is 1.68. The zero-order valence-corrected chi connectivity index (χ0v) is 19.3. The van der Waals surface area contributed by atoms with Crippen LogP contribution >= 0.6 is 11.8 Å². The van der Waals surface area contributed by atoms with Gasteiger partial charge in [0.1, 0.15) is 5.84 Å². The Bertz CT molecular complexity index is 647. The van der Waals surface area contributed by atoms with E-state index in [2.05, 4.69) is 29.1 Å². The highest BCUT2D eigenvalue weighted by atomic mass is 35.5. The number of likely N-dealkylation sites (tertiary alicyclic amines) is 1. The largest absolute Gasteiger partial charge is 0.384 e. The average molecular weight is 435 g/mol. The molecule has 1 heterocycles. The normalized spacial score (nSPS) is 16.8. The van der Waals surface area contributed by atoms with Crippen molar-refractivity contribution < 1.29 is 4.79 Å². The third-order valence-corrected chi connectivity index (χ3v) is 6.13. The summed E-state index contributed by atoms with van der Waals surface area (Å²) in [6, 6.07) is 7.87. The molecule has 1 saturated heterocycles. The summed E-state index contributed by atoms with van der Waals surface area (Å²) < 4.78 is 0. The van der Waals surface area contributed by atoms with Gasteiger partial charge < -0.3 is 10.6 Å². The number of unbranched alkanes of at least 4 members (excludes halogenated alkanes) is 9. The van der Waals surface area contributed by atoms with Gasteiger partial charge in [-0.1, -0.05) is 76.8 Å². The van der Waals surface area contributed by atoms with Crippen molar-refractivity contribution in [3.8, 4) is 0 Å². The summed E-state index contributed by atoms with van der Waals surface area (Å²) in [6.07, 6.45) is 16.3. The maximum absolute atomic E-state index is 12.9. The molecule has 30 heavy (non-hydrogen) atoms. The number of aryl methyl sites for hydroxylation is 1. The number of hydrogen-bond acceptors (Lipinski definition) is 3. The van der Waals surface area contributed by atoms with Gasteiger partial charge in [-0.3, -0.25) is 4.79 Å². The minimum Gasteiger partial charge on any atom is -0.384 e. The molecule has 2 rings (SSSR count). The molecule has 0 saturated carbocycles. The number of carbonyl (C=O) groups is 1. The first-order valence-electron chi connectivity index (χ1n) is 11.8. The van der Waals surface area contributed by atoms with Gasteiger partial charge in [-0.05, 0) is 43.4 Å². The van der Waals surface area contributed by atoms with Crippen molar-refractivity contribution >= 4 is 23.5 Å². The molecule has 1 atom stereocenters. The molecule has 1 aliphatic heterocycles. The lowest BCUT2D eigenvalue weighted by atomic mass is 10.0. The maximum atomic E-state index is 12.9. The second kappa shape index (κ2) is 14.3. The first kappa shape index (κ1) is 24.5. The van der Waals surface area contributed by atoms with E-state index >= 15 is 0 Å². The van der Waals surface area contributed by atoms with Gasteiger partial charge in [0.25, 0.3) is 5.91 Å². The van der Waals surface area contributed by atoms with E-state index in [1.54, 1.807) is 4.90 Å². The fourth-order valence-corrected chi connectivity index (χ4v) is 4.33. The Morgan fingerprint density at radius 2 is 1.67 bits per heavy atom. The Labute approximate surface area is 187 Å². The number of nitrogens with zero attached hydrogens (tertiary/aromatic N) is 2. The minimum atomic E-state index is -0.185. The number of halogens is 1. The van der Waals surface area contributed by atoms with Crippen LogP contribution in [0.15, 0.2) is 29.4 Å². The monoisotopic (exact) mass is 434 g/mol. The quantitative estimate of drug-likeness (QED) is 0.128. The topological polar surface area (TPSA) is 70.7 Å². The number of carbonyl (C=O) groups excluding carboxylic acids is 1. The Morgan fingerprint density at radius 3 is 2.27 bits per heavy atom. The van der Waals surface area contributed by atoms with Crippen LogP contribution in [0, 0.1) is 0 Å². The molecule has 3 N–H and O–H groups in total. The van der Waals surface area contributed by atoms with Crippen molar-refractivity contribution in [2.45, 2.75) is 96.4 Å². The number of hydrazone groups is 1. The van der Waals surface area contributed by atoms with Crippen LogP contribution in [0.5, 0.6) is 0 Å². The molecule has 0 unspecified atom stereocenters. The number of nitrogens with one attached hydrogen (secondary N) is 1. The van der Waals surface area contributed by atoms with E-state index in [1.165, 1.54) is 69.8 Å². The molecule has 0 aliphatic carbocycles. The van der Waals surface area contributed by atoms with Crippen molar-refractivity contribution in [2.75, 3.05) is 6.54 Å². The van der Waals surface area contributed by atoms with E-state index in [1.807, 2.05) is 12.1 Å². The van der Waals surface area contributed by atoms with Crippen molar-refractivity contribution in [2.24, 2.45) is 10.8 Å². The molecule has 0 bridgehead atoms. The fraction of sp³-hybridized carbons (Fsp3) is 0.667. The molecular weight excluding hydrogens is 396 g/mol. The van der Waals surface area contributed by atoms with Crippen LogP contribution < -0.4 is 10.7 Å². The highest BCUT2D eigenvalue weighted by Crippen LogP contribution is 2.21. The van der Waals surface area contributed by atoms with Crippen molar-refractivity contribution in [1.82, 2.24) is 9.84 Å². The SMILES string of the molecule is CCCCCCCCCCCCc1ccc(C(=O)N2CCC[C@@H]2C(N)=NNCl)cc1. The van der Waals surface area contributed by atoms with Gasteiger partial charge in [-0.2, -0.15) is 0 Å². The highest BCUT2D eigenvalue weighted by molar-refractivity contribution is 6.13. The first-order chi connectivity index (χ1) is 14.7. The molecule has 1 fully saturated rings. The Morgan fingerprint density at radius 1 is 1.07 bits per heavy atom. The first-order valence-corrected chi connectivity index (χ1v) is 12.1. The number of hydrogen-bond donors (Lipinski definition) is 2. The third kappa shape index (κ3) is 8.17. The van der Waals surface area contributed by atoms with Gasteiger partial charge in [0, 0.05) is 23.9 Å². The summed E-state index contributed by atoms with van der Waals surface area (Å²) >= 11 is 5.42. The predicted molar refractivity (Wildman–Crippen MR) is 127 cm³/mol.